The van der Waals surface area contributed by atoms with Crippen molar-refractivity contribution in [1.82, 2.24) is 0 Å². The van der Waals surface area contributed by atoms with E-state index in [1.54, 1.807) is 54.6 Å². The molecule has 104 valence electrons. The number of hydrogen-bond donors (Lipinski definition) is 2. The lowest BCUT2D eigenvalue weighted by Crippen LogP contribution is -2.31. The van der Waals surface area contributed by atoms with Gasteiger partial charge in [0.2, 0.25) is 0 Å². The Kier molecular flexibility index (Phi) is 3.16. The molecule has 0 saturated carbocycles. The van der Waals surface area contributed by atoms with E-state index in [-0.39, 0.29) is 0 Å². The second kappa shape index (κ2) is 5.00. The number of hydrogen-bond acceptors (Lipinski definition) is 3. The van der Waals surface area contributed by atoms with E-state index < -0.39 is 11.5 Å². The van der Waals surface area contributed by atoms with Gasteiger partial charge in [-0.25, -0.2) is 0 Å². The van der Waals surface area contributed by atoms with Crippen molar-refractivity contribution in [1.29, 1.82) is 0 Å². The highest BCUT2D eigenvalue weighted by Crippen LogP contribution is 2.37. The van der Waals surface area contributed by atoms with Crippen molar-refractivity contribution in [3.8, 4) is 0 Å². The molecule has 1 amide bonds. The zero-order chi connectivity index (χ0) is 14.9. The first-order valence-electron chi connectivity index (χ1n) is 6.52. The molecule has 1 unspecified atom stereocenters. The maximum absolute atomic E-state index is 12.0. The number of anilines is 1. The van der Waals surface area contributed by atoms with Crippen molar-refractivity contribution in [3.63, 3.8) is 0 Å². The number of para-hydroxylation sites is 1. The summed E-state index contributed by atoms with van der Waals surface area (Å²) >= 11 is 0. The van der Waals surface area contributed by atoms with Gasteiger partial charge in [-0.2, -0.15) is 0 Å². The molecule has 0 bridgehead atoms. The fraction of sp³-hybridized carbons (Fsp3) is 0.0588. The Morgan fingerprint density at radius 1 is 1.00 bits per heavy atom. The van der Waals surface area contributed by atoms with Gasteiger partial charge in [0, 0.05) is 16.8 Å². The van der Waals surface area contributed by atoms with Crippen LogP contribution in [0.3, 0.4) is 0 Å². The highest BCUT2D eigenvalue weighted by Gasteiger charge is 2.42. The average Bonchev–Trinajstić information content (AvgIpc) is 2.77. The predicted molar refractivity (Wildman–Crippen MR) is 79.8 cm³/mol. The first-order chi connectivity index (χ1) is 10.1. The summed E-state index contributed by atoms with van der Waals surface area (Å²) in [7, 11) is 0. The number of amides is 1. The topological polar surface area (TPSA) is 66.4 Å². The molecule has 1 aliphatic heterocycles. The SMILES string of the molecule is O=Cc1ccccc1C=CC1(O)C(=O)Nc2ccccc21. The quantitative estimate of drug-likeness (QED) is 0.848. The van der Waals surface area contributed by atoms with Crippen LogP contribution in [0.4, 0.5) is 5.69 Å². The molecule has 3 rings (SSSR count). The number of carbonyl (C=O) groups is 2. The average molecular weight is 279 g/mol. The molecular formula is C17H13NO3. The highest BCUT2D eigenvalue weighted by atomic mass is 16.3. The van der Waals surface area contributed by atoms with E-state index >= 15 is 0 Å². The summed E-state index contributed by atoms with van der Waals surface area (Å²) in [5.74, 6) is -0.497. The molecule has 2 aromatic rings. The molecule has 0 saturated heterocycles. The molecule has 0 radical (unpaired) electrons. The molecule has 2 aromatic carbocycles. The van der Waals surface area contributed by atoms with Crippen LogP contribution in [0, 0.1) is 0 Å². The van der Waals surface area contributed by atoms with Crippen molar-refractivity contribution in [2.24, 2.45) is 0 Å². The van der Waals surface area contributed by atoms with Crippen molar-refractivity contribution >= 4 is 24.0 Å². The van der Waals surface area contributed by atoms with Crippen molar-refractivity contribution in [3.05, 3.63) is 71.3 Å². The van der Waals surface area contributed by atoms with Crippen LogP contribution < -0.4 is 5.32 Å². The van der Waals surface area contributed by atoms with Crippen LogP contribution in [0.5, 0.6) is 0 Å². The van der Waals surface area contributed by atoms with Gasteiger partial charge in [-0.1, -0.05) is 48.5 Å². The van der Waals surface area contributed by atoms with E-state index in [0.717, 1.165) is 6.29 Å². The lowest BCUT2D eigenvalue weighted by atomic mass is 9.93. The summed E-state index contributed by atoms with van der Waals surface area (Å²) in [4.78, 5) is 23.0. The third kappa shape index (κ3) is 2.15. The van der Waals surface area contributed by atoms with E-state index in [0.29, 0.717) is 22.4 Å². The van der Waals surface area contributed by atoms with E-state index in [9.17, 15) is 14.7 Å². The number of benzene rings is 2. The maximum Gasteiger partial charge on any atom is 0.265 e. The van der Waals surface area contributed by atoms with E-state index in [1.807, 2.05) is 0 Å². The molecule has 2 N–H and O–H groups in total. The molecule has 0 aromatic heterocycles. The maximum atomic E-state index is 12.0. The Labute approximate surface area is 121 Å². The van der Waals surface area contributed by atoms with Crippen LogP contribution >= 0.6 is 0 Å². The largest absolute Gasteiger partial charge is 0.372 e. The van der Waals surface area contributed by atoms with Crippen molar-refractivity contribution in [2.45, 2.75) is 5.60 Å². The van der Waals surface area contributed by atoms with Gasteiger partial charge in [-0.3, -0.25) is 9.59 Å². The number of nitrogens with one attached hydrogen (secondary N) is 1. The number of fused-ring (bicyclic) bond motifs is 1. The summed E-state index contributed by atoms with van der Waals surface area (Å²) < 4.78 is 0. The minimum Gasteiger partial charge on any atom is -0.372 e. The number of rotatable bonds is 3. The summed E-state index contributed by atoms with van der Waals surface area (Å²) in [6.07, 6.45) is 3.74. The monoisotopic (exact) mass is 279 g/mol. The Bertz CT molecular complexity index is 751. The van der Waals surface area contributed by atoms with Gasteiger partial charge in [-0.15, -0.1) is 0 Å². The summed E-state index contributed by atoms with van der Waals surface area (Å²) in [5.41, 5.74) is 0.544. The van der Waals surface area contributed by atoms with Gasteiger partial charge >= 0.3 is 0 Å². The predicted octanol–water partition coefficient (Wildman–Crippen LogP) is 2.35. The lowest BCUT2D eigenvalue weighted by Gasteiger charge is -2.16. The second-order valence-corrected chi connectivity index (χ2v) is 4.85. The molecule has 0 fully saturated rings. The molecule has 1 heterocycles. The third-order valence-corrected chi connectivity index (χ3v) is 3.56. The zero-order valence-electron chi connectivity index (χ0n) is 11.1. The van der Waals surface area contributed by atoms with Crippen molar-refractivity contribution in [2.75, 3.05) is 5.32 Å². The van der Waals surface area contributed by atoms with Crippen LogP contribution in [0.25, 0.3) is 6.08 Å². The van der Waals surface area contributed by atoms with Crippen LogP contribution in [-0.2, 0) is 10.4 Å². The minimum absolute atomic E-state index is 0.497. The molecular weight excluding hydrogens is 266 g/mol. The first-order valence-corrected chi connectivity index (χ1v) is 6.52. The summed E-state index contributed by atoms with van der Waals surface area (Å²) in [6.45, 7) is 0. The zero-order valence-corrected chi connectivity index (χ0v) is 11.1. The standard InChI is InChI=1S/C17H13NO3/c19-11-13-6-2-1-5-12(13)9-10-17(21)14-7-3-4-8-15(14)18-16(17)20/h1-11,21H,(H,18,20). The van der Waals surface area contributed by atoms with E-state index in [4.69, 9.17) is 0 Å². The normalized spacial score (nSPS) is 20.3. The fourth-order valence-electron chi connectivity index (χ4n) is 2.41. The molecule has 4 nitrogen and oxygen atoms in total. The van der Waals surface area contributed by atoms with E-state index in [1.165, 1.54) is 6.08 Å². The molecule has 1 aliphatic rings. The van der Waals surface area contributed by atoms with Gasteiger partial charge in [-0.05, 0) is 17.7 Å². The molecule has 1 atom stereocenters. The molecule has 0 aliphatic carbocycles. The Morgan fingerprint density at radius 3 is 2.43 bits per heavy atom. The van der Waals surface area contributed by atoms with Crippen LogP contribution in [0.1, 0.15) is 21.5 Å². The van der Waals surface area contributed by atoms with Gasteiger partial charge in [0.1, 0.15) is 0 Å². The molecule has 0 spiro atoms. The fourth-order valence-corrected chi connectivity index (χ4v) is 2.41. The molecule has 21 heavy (non-hydrogen) atoms. The Balaban J connectivity index is 2.02. The minimum atomic E-state index is -1.72. The molecule has 4 heteroatoms. The highest BCUT2D eigenvalue weighted by molar-refractivity contribution is 6.06. The van der Waals surface area contributed by atoms with Crippen molar-refractivity contribution < 1.29 is 14.7 Å². The Hall–Kier alpha value is -2.72. The number of aldehydes is 1. The summed E-state index contributed by atoms with van der Waals surface area (Å²) in [5, 5.41) is 13.3. The van der Waals surface area contributed by atoms with Gasteiger partial charge in [0.05, 0.1) is 0 Å². The third-order valence-electron chi connectivity index (χ3n) is 3.56. The smallest absolute Gasteiger partial charge is 0.265 e. The lowest BCUT2D eigenvalue weighted by molar-refractivity contribution is -0.129. The Morgan fingerprint density at radius 2 is 1.67 bits per heavy atom. The van der Waals surface area contributed by atoms with Gasteiger partial charge in [0.15, 0.2) is 11.9 Å². The number of aliphatic hydroxyl groups is 1. The van der Waals surface area contributed by atoms with E-state index in [2.05, 4.69) is 5.32 Å². The van der Waals surface area contributed by atoms with Gasteiger partial charge < -0.3 is 10.4 Å². The van der Waals surface area contributed by atoms with Crippen LogP contribution in [0.2, 0.25) is 0 Å². The number of carbonyl (C=O) groups excluding carboxylic acids is 2. The summed E-state index contributed by atoms with van der Waals surface area (Å²) in [6, 6.07) is 14.0. The second-order valence-electron chi connectivity index (χ2n) is 4.85. The van der Waals surface area contributed by atoms with Gasteiger partial charge in [0.25, 0.3) is 5.91 Å². The first kappa shape index (κ1) is 13.3. The van der Waals surface area contributed by atoms with Crippen LogP contribution in [-0.4, -0.2) is 17.3 Å². The van der Waals surface area contributed by atoms with Crippen LogP contribution in [0.15, 0.2) is 54.6 Å².